The summed E-state index contributed by atoms with van der Waals surface area (Å²) < 4.78 is 12.9. The molecule has 0 bridgehead atoms. The van der Waals surface area contributed by atoms with E-state index in [1.165, 1.54) is 31.5 Å². The van der Waals surface area contributed by atoms with Crippen molar-refractivity contribution in [1.82, 2.24) is 9.88 Å². The van der Waals surface area contributed by atoms with Crippen LogP contribution in [0.1, 0.15) is 51.8 Å². The summed E-state index contributed by atoms with van der Waals surface area (Å²) in [7, 11) is 0. The van der Waals surface area contributed by atoms with Crippen molar-refractivity contribution in [3.8, 4) is 0 Å². The van der Waals surface area contributed by atoms with Gasteiger partial charge in [0.25, 0.3) is 0 Å². The summed E-state index contributed by atoms with van der Waals surface area (Å²) in [6.07, 6.45) is 4.22. The molecule has 3 nitrogen and oxygen atoms in total. The predicted octanol–water partition coefficient (Wildman–Crippen LogP) is 3.40. The Morgan fingerprint density at radius 2 is 2.10 bits per heavy atom. The van der Waals surface area contributed by atoms with Gasteiger partial charge in [0, 0.05) is 19.0 Å². The summed E-state index contributed by atoms with van der Waals surface area (Å²) in [5, 5.41) is 10.4. The van der Waals surface area contributed by atoms with E-state index in [4.69, 9.17) is 0 Å². The zero-order valence-electron chi connectivity index (χ0n) is 13.3. The summed E-state index contributed by atoms with van der Waals surface area (Å²) in [4.78, 5) is 6.44. The lowest BCUT2D eigenvalue weighted by molar-refractivity contribution is 0.0869. The molecule has 2 rings (SSSR count). The van der Waals surface area contributed by atoms with Crippen LogP contribution >= 0.6 is 0 Å². The Bertz CT molecular complexity index is 445. The highest BCUT2D eigenvalue weighted by Crippen LogP contribution is 2.37. The standard InChI is InChI=1S/C17H27FN2O/c1-4-17(5-2)8-9-20(12-17)11-13(3)16(21)15-7-6-14(18)10-19-15/h6-7,10,13,16,21H,4-5,8-9,11-12H2,1-3H3. The third-order valence-corrected chi connectivity index (χ3v) is 5.16. The van der Waals surface area contributed by atoms with Gasteiger partial charge in [-0.2, -0.15) is 0 Å². The molecule has 1 saturated heterocycles. The molecule has 0 aromatic carbocycles. The van der Waals surface area contributed by atoms with Crippen LogP contribution in [0.25, 0.3) is 0 Å². The van der Waals surface area contributed by atoms with E-state index >= 15 is 0 Å². The Kier molecular flexibility index (Phi) is 5.33. The molecule has 1 N–H and O–H groups in total. The van der Waals surface area contributed by atoms with E-state index in [2.05, 4.69) is 23.7 Å². The number of aromatic nitrogens is 1. The average molecular weight is 294 g/mol. The van der Waals surface area contributed by atoms with Gasteiger partial charge in [-0.25, -0.2) is 4.39 Å². The number of hydrogen-bond acceptors (Lipinski definition) is 3. The summed E-state index contributed by atoms with van der Waals surface area (Å²) >= 11 is 0. The van der Waals surface area contributed by atoms with Crippen LogP contribution in [0.5, 0.6) is 0 Å². The molecule has 0 aliphatic carbocycles. The number of rotatable bonds is 6. The minimum absolute atomic E-state index is 0.0903. The molecule has 118 valence electrons. The van der Waals surface area contributed by atoms with Gasteiger partial charge in [0.05, 0.1) is 18.0 Å². The van der Waals surface area contributed by atoms with E-state index in [1.54, 1.807) is 6.07 Å². The maximum absolute atomic E-state index is 12.9. The first kappa shape index (κ1) is 16.4. The van der Waals surface area contributed by atoms with E-state index in [-0.39, 0.29) is 11.7 Å². The van der Waals surface area contributed by atoms with E-state index in [1.807, 2.05) is 6.92 Å². The molecule has 2 unspecified atom stereocenters. The molecule has 21 heavy (non-hydrogen) atoms. The molecule has 0 amide bonds. The fourth-order valence-corrected chi connectivity index (χ4v) is 3.37. The van der Waals surface area contributed by atoms with Crippen LogP contribution in [-0.4, -0.2) is 34.6 Å². The quantitative estimate of drug-likeness (QED) is 0.873. The minimum atomic E-state index is -0.635. The van der Waals surface area contributed by atoms with Gasteiger partial charge in [0.2, 0.25) is 0 Å². The Morgan fingerprint density at radius 1 is 1.38 bits per heavy atom. The van der Waals surface area contributed by atoms with Gasteiger partial charge in [-0.1, -0.05) is 20.8 Å². The fraction of sp³-hybridized carbons (Fsp3) is 0.706. The molecule has 1 aliphatic rings. The highest BCUT2D eigenvalue weighted by Gasteiger charge is 2.35. The van der Waals surface area contributed by atoms with Gasteiger partial charge in [0.1, 0.15) is 5.82 Å². The lowest BCUT2D eigenvalue weighted by Crippen LogP contribution is -2.32. The number of halogens is 1. The van der Waals surface area contributed by atoms with Crippen LogP contribution in [0, 0.1) is 17.2 Å². The van der Waals surface area contributed by atoms with Gasteiger partial charge in [-0.15, -0.1) is 0 Å². The normalized spacial score (nSPS) is 21.4. The summed E-state index contributed by atoms with van der Waals surface area (Å²) in [5.74, 6) is -0.277. The van der Waals surface area contributed by atoms with Gasteiger partial charge in [-0.3, -0.25) is 4.98 Å². The number of pyridine rings is 1. The SMILES string of the molecule is CCC1(CC)CCN(CC(C)C(O)c2ccc(F)cn2)C1. The third kappa shape index (κ3) is 3.80. The molecule has 4 heteroatoms. The molecular formula is C17H27FN2O. The molecular weight excluding hydrogens is 267 g/mol. The maximum atomic E-state index is 12.9. The molecule has 1 fully saturated rings. The summed E-state index contributed by atoms with van der Waals surface area (Å²) in [6.45, 7) is 9.67. The minimum Gasteiger partial charge on any atom is -0.386 e. The zero-order chi connectivity index (χ0) is 15.5. The van der Waals surface area contributed by atoms with Crippen molar-refractivity contribution in [3.05, 3.63) is 29.8 Å². The average Bonchev–Trinajstić information content (AvgIpc) is 2.91. The molecule has 2 heterocycles. The molecule has 0 radical (unpaired) electrons. The van der Waals surface area contributed by atoms with Gasteiger partial charge >= 0.3 is 0 Å². The molecule has 1 aliphatic heterocycles. The fourth-order valence-electron chi connectivity index (χ4n) is 3.37. The van der Waals surface area contributed by atoms with Crippen molar-refractivity contribution in [1.29, 1.82) is 0 Å². The van der Waals surface area contributed by atoms with E-state index in [0.717, 1.165) is 19.6 Å². The largest absolute Gasteiger partial charge is 0.386 e. The van der Waals surface area contributed by atoms with Crippen molar-refractivity contribution in [2.45, 2.75) is 46.1 Å². The first-order valence-electron chi connectivity index (χ1n) is 8.01. The first-order chi connectivity index (χ1) is 9.99. The lowest BCUT2D eigenvalue weighted by Gasteiger charge is -2.28. The van der Waals surface area contributed by atoms with Crippen molar-refractivity contribution >= 4 is 0 Å². The molecule has 2 atom stereocenters. The van der Waals surface area contributed by atoms with Gasteiger partial charge in [-0.05, 0) is 43.4 Å². The highest BCUT2D eigenvalue weighted by atomic mass is 19.1. The second-order valence-corrected chi connectivity index (χ2v) is 6.52. The van der Waals surface area contributed by atoms with Crippen LogP contribution in [0.15, 0.2) is 18.3 Å². The zero-order valence-corrected chi connectivity index (χ0v) is 13.3. The topological polar surface area (TPSA) is 36.4 Å². The Morgan fingerprint density at radius 3 is 2.62 bits per heavy atom. The second kappa shape index (κ2) is 6.84. The van der Waals surface area contributed by atoms with Crippen LogP contribution in [0.4, 0.5) is 4.39 Å². The Labute approximate surface area is 127 Å². The monoisotopic (exact) mass is 294 g/mol. The van der Waals surface area contributed by atoms with Crippen LogP contribution in [0.2, 0.25) is 0 Å². The molecule has 1 aromatic heterocycles. The van der Waals surface area contributed by atoms with Crippen molar-refractivity contribution in [2.24, 2.45) is 11.3 Å². The van der Waals surface area contributed by atoms with Crippen molar-refractivity contribution < 1.29 is 9.50 Å². The summed E-state index contributed by atoms with van der Waals surface area (Å²) in [6, 6.07) is 2.93. The number of aliphatic hydroxyl groups excluding tert-OH is 1. The lowest BCUT2D eigenvalue weighted by atomic mass is 9.82. The van der Waals surface area contributed by atoms with Crippen LogP contribution < -0.4 is 0 Å². The number of hydrogen-bond donors (Lipinski definition) is 1. The van der Waals surface area contributed by atoms with Crippen LogP contribution in [-0.2, 0) is 0 Å². The molecule has 1 aromatic rings. The Hall–Kier alpha value is -1.00. The first-order valence-corrected chi connectivity index (χ1v) is 8.01. The smallest absolute Gasteiger partial charge is 0.141 e. The maximum Gasteiger partial charge on any atom is 0.141 e. The Balaban J connectivity index is 1.92. The number of aliphatic hydroxyl groups is 1. The van der Waals surface area contributed by atoms with E-state index < -0.39 is 6.10 Å². The second-order valence-electron chi connectivity index (χ2n) is 6.52. The number of nitrogens with zero attached hydrogens (tertiary/aromatic N) is 2. The number of likely N-dealkylation sites (tertiary alicyclic amines) is 1. The third-order valence-electron chi connectivity index (χ3n) is 5.16. The molecule has 0 spiro atoms. The van der Waals surface area contributed by atoms with E-state index in [9.17, 15) is 9.50 Å². The highest BCUT2D eigenvalue weighted by molar-refractivity contribution is 5.09. The van der Waals surface area contributed by atoms with Gasteiger partial charge < -0.3 is 10.0 Å². The predicted molar refractivity (Wildman–Crippen MR) is 82.4 cm³/mol. The van der Waals surface area contributed by atoms with Crippen molar-refractivity contribution in [2.75, 3.05) is 19.6 Å². The summed E-state index contributed by atoms with van der Waals surface area (Å²) in [5.41, 5.74) is 1.01. The van der Waals surface area contributed by atoms with Gasteiger partial charge in [0.15, 0.2) is 0 Å². The molecule has 0 saturated carbocycles. The van der Waals surface area contributed by atoms with Crippen molar-refractivity contribution in [3.63, 3.8) is 0 Å². The van der Waals surface area contributed by atoms with Crippen LogP contribution in [0.3, 0.4) is 0 Å². The van der Waals surface area contributed by atoms with E-state index in [0.29, 0.717) is 11.1 Å².